The summed E-state index contributed by atoms with van der Waals surface area (Å²) in [5.41, 5.74) is 2.48. The van der Waals surface area contributed by atoms with Gasteiger partial charge in [0, 0.05) is 12.0 Å². The molecule has 302 valence electrons. The van der Waals surface area contributed by atoms with Gasteiger partial charge in [-0.25, -0.2) is 18.4 Å². The summed E-state index contributed by atoms with van der Waals surface area (Å²) in [6.45, 7) is 23.3. The molecule has 10 atom stereocenters. The fourth-order valence-electron chi connectivity index (χ4n) is 14.1. The van der Waals surface area contributed by atoms with E-state index in [9.17, 15) is 28.3 Å². The number of nitrogens with zero attached hydrogens (tertiary/aromatic N) is 1. The van der Waals surface area contributed by atoms with Crippen LogP contribution in [0.4, 0.5) is 13.6 Å². The second-order valence-corrected chi connectivity index (χ2v) is 20.9. The third-order valence-electron chi connectivity index (χ3n) is 16.7. The van der Waals surface area contributed by atoms with Crippen molar-refractivity contribution >= 4 is 23.5 Å². The molecule has 4 saturated carbocycles. The first kappa shape index (κ1) is 40.0. The third kappa shape index (κ3) is 6.18. The number of ether oxygens (including phenoxy) is 1. The van der Waals surface area contributed by atoms with Crippen molar-refractivity contribution in [2.75, 3.05) is 6.54 Å². The first-order chi connectivity index (χ1) is 25.4. The van der Waals surface area contributed by atoms with Gasteiger partial charge in [0.25, 0.3) is 5.92 Å². The van der Waals surface area contributed by atoms with E-state index in [0.29, 0.717) is 23.3 Å². The van der Waals surface area contributed by atoms with Gasteiger partial charge in [0.05, 0.1) is 12.1 Å². The molecule has 0 unspecified atom stereocenters. The van der Waals surface area contributed by atoms with E-state index in [1.165, 1.54) is 5.57 Å². The van der Waals surface area contributed by atoms with Gasteiger partial charge >= 0.3 is 12.1 Å². The van der Waals surface area contributed by atoms with Crippen LogP contribution in [0, 0.1) is 51.2 Å². The molecule has 0 aromatic heterocycles. The molecule has 55 heavy (non-hydrogen) atoms. The van der Waals surface area contributed by atoms with Gasteiger partial charge in [-0.1, -0.05) is 65.0 Å². The van der Waals surface area contributed by atoms with Crippen LogP contribution in [-0.4, -0.2) is 57.6 Å². The summed E-state index contributed by atoms with van der Waals surface area (Å²) in [5, 5.41) is 12.9. The molecule has 1 heterocycles. The molecule has 2 amide bonds. The zero-order valence-electron chi connectivity index (χ0n) is 34.6. The number of halogens is 2. The van der Waals surface area contributed by atoms with E-state index < -0.39 is 54.0 Å². The Morgan fingerprint density at radius 2 is 1.58 bits per heavy atom. The van der Waals surface area contributed by atoms with Crippen molar-refractivity contribution in [2.24, 2.45) is 51.2 Å². The molecule has 1 saturated heterocycles. The molecule has 0 radical (unpaired) electrons. The largest absolute Gasteiger partial charge is 0.478 e. The number of carbonyl (C=O) groups excluding carboxylic acids is 2. The Kier molecular flexibility index (Phi) is 9.37. The number of allylic oxidation sites excluding steroid dienone is 3. The summed E-state index contributed by atoms with van der Waals surface area (Å²) >= 11 is 0. The van der Waals surface area contributed by atoms with Crippen LogP contribution in [-0.2, 0) is 9.53 Å². The number of carboxylic acids is 1. The third-order valence-corrected chi connectivity index (χ3v) is 16.7. The maximum Gasteiger partial charge on any atom is 0.411 e. The summed E-state index contributed by atoms with van der Waals surface area (Å²) in [5.74, 6) is -2.93. The fraction of sp³-hybridized carbons (Fsp3) is 0.717. The molecule has 5 fully saturated rings. The van der Waals surface area contributed by atoms with Crippen LogP contribution >= 0.6 is 0 Å². The summed E-state index contributed by atoms with van der Waals surface area (Å²) < 4.78 is 35.4. The highest BCUT2D eigenvalue weighted by atomic mass is 19.3. The van der Waals surface area contributed by atoms with Crippen LogP contribution < -0.4 is 5.32 Å². The number of amides is 2. The smallest absolute Gasteiger partial charge is 0.411 e. The lowest BCUT2D eigenvalue weighted by Gasteiger charge is -2.72. The Bertz CT molecular complexity index is 1800. The first-order valence-corrected chi connectivity index (χ1v) is 20.8. The average molecular weight is 763 g/mol. The van der Waals surface area contributed by atoms with E-state index in [4.69, 9.17) is 4.74 Å². The summed E-state index contributed by atoms with van der Waals surface area (Å²) in [7, 11) is 0. The lowest BCUT2D eigenvalue weighted by Crippen LogP contribution is -2.69. The Balaban J connectivity index is 1.18. The maximum atomic E-state index is 15.0. The second kappa shape index (κ2) is 12.9. The van der Waals surface area contributed by atoms with Gasteiger partial charge in [0.15, 0.2) is 0 Å². The van der Waals surface area contributed by atoms with Crippen molar-refractivity contribution in [3.63, 3.8) is 0 Å². The summed E-state index contributed by atoms with van der Waals surface area (Å²) in [6.07, 6.45) is 9.63. The molecule has 7 nitrogen and oxygen atoms in total. The molecule has 1 aromatic rings. The molecule has 0 bridgehead atoms. The number of nitrogens with one attached hydrogen (secondary N) is 1. The van der Waals surface area contributed by atoms with Crippen molar-refractivity contribution in [1.29, 1.82) is 0 Å². The minimum Gasteiger partial charge on any atom is -0.478 e. The number of alkyl halides is 2. The molecule has 2 N–H and O–H groups in total. The fourth-order valence-corrected chi connectivity index (χ4v) is 14.1. The van der Waals surface area contributed by atoms with Crippen molar-refractivity contribution in [3.8, 4) is 0 Å². The normalized spacial score (nSPS) is 40.1. The Hall–Kier alpha value is -3.23. The van der Waals surface area contributed by atoms with Crippen molar-refractivity contribution < 1.29 is 33.0 Å². The van der Waals surface area contributed by atoms with Crippen LogP contribution in [0.5, 0.6) is 0 Å². The van der Waals surface area contributed by atoms with Crippen molar-refractivity contribution in [3.05, 3.63) is 53.6 Å². The molecule has 9 heteroatoms. The number of fused-ring (bicyclic) bond motifs is 7. The van der Waals surface area contributed by atoms with Gasteiger partial charge in [0.2, 0.25) is 5.91 Å². The number of hydrogen-bond acceptors (Lipinski definition) is 4. The lowest BCUT2D eigenvalue weighted by atomic mass is 9.33. The van der Waals surface area contributed by atoms with E-state index in [2.05, 4.69) is 59.5 Å². The molecule has 5 aliphatic carbocycles. The molecular formula is C46H64F2N2O5. The van der Waals surface area contributed by atoms with E-state index in [1.807, 2.05) is 12.1 Å². The highest BCUT2D eigenvalue weighted by Crippen LogP contribution is 2.76. The number of aromatic carboxylic acids is 1. The van der Waals surface area contributed by atoms with Crippen LogP contribution in [0.1, 0.15) is 142 Å². The van der Waals surface area contributed by atoms with E-state index in [1.54, 1.807) is 32.9 Å². The average Bonchev–Trinajstić information content (AvgIpc) is 3.62. The lowest BCUT2D eigenvalue weighted by molar-refractivity contribution is -0.219. The predicted octanol–water partition coefficient (Wildman–Crippen LogP) is 10.5. The summed E-state index contributed by atoms with van der Waals surface area (Å²) in [4.78, 5) is 40.0. The summed E-state index contributed by atoms with van der Waals surface area (Å²) in [6, 6.07) is 6.09. The number of benzene rings is 1. The van der Waals surface area contributed by atoms with Crippen LogP contribution in [0.3, 0.4) is 0 Å². The minimum atomic E-state index is -3.17. The number of likely N-dealkylation sites (tertiary alicyclic amines) is 1. The van der Waals surface area contributed by atoms with Gasteiger partial charge in [-0.15, -0.1) is 0 Å². The number of carboxylic acid groups (broad SMARTS) is 1. The predicted molar refractivity (Wildman–Crippen MR) is 210 cm³/mol. The molecule has 1 aliphatic heterocycles. The Morgan fingerprint density at radius 1 is 0.909 bits per heavy atom. The SMILES string of the molecule is C=C(C)[C@@H]1CC[C@]2(NC(=O)[C@@H]3CC(F)(F)CN3C(=O)OC(C)(C)C)CC[C@]3(C)[C@H](CC[C@@H]4[C@@]5(C)CC=C(c6ccc(C(=O)O)cc6)C(C)(C)[C@@H]5CC[C@]43C)[C@@H]12. The maximum absolute atomic E-state index is 15.0. The number of rotatable bonds is 5. The Morgan fingerprint density at radius 3 is 2.20 bits per heavy atom. The first-order valence-electron chi connectivity index (χ1n) is 20.8. The van der Waals surface area contributed by atoms with E-state index in [0.717, 1.165) is 73.8 Å². The number of carbonyl (C=O) groups is 3. The van der Waals surface area contributed by atoms with Crippen LogP contribution in [0.25, 0.3) is 5.57 Å². The molecule has 6 aliphatic rings. The van der Waals surface area contributed by atoms with Gasteiger partial charge in [-0.2, -0.15) is 0 Å². The minimum absolute atomic E-state index is 0.00453. The van der Waals surface area contributed by atoms with Gasteiger partial charge < -0.3 is 15.2 Å². The zero-order valence-corrected chi connectivity index (χ0v) is 34.6. The highest BCUT2D eigenvalue weighted by molar-refractivity contribution is 5.88. The van der Waals surface area contributed by atoms with Gasteiger partial charge in [-0.3, -0.25) is 9.69 Å². The molecular weight excluding hydrogens is 699 g/mol. The topological polar surface area (TPSA) is 95.9 Å². The van der Waals surface area contributed by atoms with Crippen molar-refractivity contribution in [2.45, 2.75) is 150 Å². The molecule has 1 aromatic carbocycles. The monoisotopic (exact) mass is 762 g/mol. The van der Waals surface area contributed by atoms with Crippen LogP contribution in [0.2, 0.25) is 0 Å². The molecule has 7 rings (SSSR count). The standard InChI is InChI=1S/C46H64F2N2O5/c1-27(2)30-17-22-45(49-37(51)33-25-46(47,48)26-50(33)39(54)55-40(3,4)5)24-23-43(9)32(36(30)45)15-16-35-42(8)20-18-31(28-11-13-29(14-12-28)38(52)53)41(6,7)34(42)19-21-44(35,43)10/h11-14,18,30,32-36H,1,15-17,19-26H2,2-10H3,(H,49,51)(H,52,53)/t30-,32+,33-,34-,35+,36+,42-,43+,44+,45-/m0/s1. The number of hydrogen-bond donors (Lipinski definition) is 2. The van der Waals surface area contributed by atoms with Gasteiger partial charge in [-0.05, 0) is 160 Å². The van der Waals surface area contributed by atoms with Crippen molar-refractivity contribution in [1.82, 2.24) is 10.2 Å². The van der Waals surface area contributed by atoms with E-state index in [-0.39, 0.29) is 33.5 Å². The Labute approximate surface area is 327 Å². The quantitative estimate of drug-likeness (QED) is 0.291. The zero-order chi connectivity index (χ0) is 40.3. The second-order valence-electron chi connectivity index (χ2n) is 20.9. The highest BCUT2D eigenvalue weighted by Gasteiger charge is 2.71. The molecule has 0 spiro atoms. The van der Waals surface area contributed by atoms with Gasteiger partial charge in [0.1, 0.15) is 11.6 Å². The van der Waals surface area contributed by atoms with Crippen LogP contribution in [0.15, 0.2) is 42.5 Å². The van der Waals surface area contributed by atoms with E-state index >= 15 is 0 Å².